The molecule has 0 aliphatic carbocycles. The number of aromatic hydroxyl groups is 2. The second-order valence-electron chi connectivity index (χ2n) is 3.34. The fourth-order valence-corrected chi connectivity index (χ4v) is 1.30. The van der Waals surface area contributed by atoms with Gasteiger partial charge in [0.1, 0.15) is 17.2 Å². The number of phenolic OH excluding ortho intramolecular Hbond substituents is 2. The number of benzene rings is 2. The van der Waals surface area contributed by atoms with Gasteiger partial charge in [-0.1, -0.05) is 30.3 Å². The second-order valence-corrected chi connectivity index (χ2v) is 3.34. The van der Waals surface area contributed by atoms with Crippen molar-refractivity contribution in [1.29, 1.82) is 0 Å². The van der Waals surface area contributed by atoms with Crippen LogP contribution in [0.1, 0.15) is 5.56 Å². The largest absolute Gasteiger partial charge is 0.508 e. The summed E-state index contributed by atoms with van der Waals surface area (Å²) < 4.78 is 0. The van der Waals surface area contributed by atoms with E-state index in [1.165, 1.54) is 18.2 Å². The molecule has 0 amide bonds. The molecule has 2 aromatic carbocycles. The van der Waals surface area contributed by atoms with Crippen molar-refractivity contribution in [3.8, 4) is 11.5 Å². The van der Waals surface area contributed by atoms with Crippen LogP contribution in [0.25, 0.3) is 0 Å². The molecular formula is C13H11NO2. The number of hydrogen-bond acceptors (Lipinski definition) is 3. The van der Waals surface area contributed by atoms with Gasteiger partial charge >= 0.3 is 0 Å². The van der Waals surface area contributed by atoms with Crippen LogP contribution in [0.3, 0.4) is 0 Å². The predicted octanol–water partition coefficient (Wildman–Crippen LogP) is 2.85. The highest BCUT2D eigenvalue weighted by atomic mass is 16.3. The lowest BCUT2D eigenvalue weighted by Crippen LogP contribution is -1.78. The van der Waals surface area contributed by atoms with Crippen LogP contribution in [-0.4, -0.2) is 16.4 Å². The summed E-state index contributed by atoms with van der Waals surface area (Å²) in [5.74, 6) is 0.128. The average Bonchev–Trinajstić information content (AvgIpc) is 2.32. The summed E-state index contributed by atoms with van der Waals surface area (Å²) in [6.07, 6.45) is 1.63. The lowest BCUT2D eigenvalue weighted by molar-refractivity contribution is 0.461. The Hall–Kier alpha value is -2.29. The molecule has 16 heavy (non-hydrogen) atoms. The van der Waals surface area contributed by atoms with Crippen molar-refractivity contribution in [2.24, 2.45) is 4.99 Å². The van der Waals surface area contributed by atoms with E-state index < -0.39 is 0 Å². The molecule has 0 heterocycles. The summed E-state index contributed by atoms with van der Waals surface area (Å²) in [6.45, 7) is 0. The van der Waals surface area contributed by atoms with E-state index in [0.717, 1.165) is 5.56 Å². The molecule has 0 saturated carbocycles. The Bertz CT molecular complexity index is 507. The molecule has 0 atom stereocenters. The highest BCUT2D eigenvalue weighted by Crippen LogP contribution is 2.29. The van der Waals surface area contributed by atoms with Crippen molar-refractivity contribution >= 4 is 11.9 Å². The van der Waals surface area contributed by atoms with Gasteiger partial charge in [-0.2, -0.15) is 0 Å². The van der Waals surface area contributed by atoms with E-state index in [9.17, 15) is 10.2 Å². The Kier molecular flexibility index (Phi) is 2.87. The Morgan fingerprint density at radius 1 is 0.938 bits per heavy atom. The summed E-state index contributed by atoms with van der Waals surface area (Å²) in [4.78, 5) is 4.10. The van der Waals surface area contributed by atoms with Crippen molar-refractivity contribution in [1.82, 2.24) is 0 Å². The number of nitrogens with zero attached hydrogens (tertiary/aromatic N) is 1. The van der Waals surface area contributed by atoms with Gasteiger partial charge in [-0.3, -0.25) is 4.99 Å². The van der Waals surface area contributed by atoms with Crippen molar-refractivity contribution in [2.45, 2.75) is 0 Å². The van der Waals surface area contributed by atoms with Gasteiger partial charge in [-0.05, 0) is 17.7 Å². The van der Waals surface area contributed by atoms with Gasteiger partial charge in [-0.15, -0.1) is 0 Å². The second kappa shape index (κ2) is 4.49. The first-order chi connectivity index (χ1) is 7.75. The van der Waals surface area contributed by atoms with Crippen molar-refractivity contribution in [3.63, 3.8) is 0 Å². The van der Waals surface area contributed by atoms with Crippen LogP contribution in [0.5, 0.6) is 11.5 Å². The highest BCUT2D eigenvalue weighted by Gasteiger charge is 1.99. The van der Waals surface area contributed by atoms with Gasteiger partial charge in [0.15, 0.2) is 0 Å². The minimum Gasteiger partial charge on any atom is -0.508 e. The molecule has 2 aromatic rings. The van der Waals surface area contributed by atoms with Crippen molar-refractivity contribution in [3.05, 3.63) is 54.1 Å². The predicted molar refractivity (Wildman–Crippen MR) is 63.5 cm³/mol. The molecule has 0 aromatic heterocycles. The summed E-state index contributed by atoms with van der Waals surface area (Å²) >= 11 is 0. The smallest absolute Gasteiger partial charge is 0.141 e. The minimum atomic E-state index is 0.0463. The maximum Gasteiger partial charge on any atom is 0.141 e. The van der Waals surface area contributed by atoms with Crippen molar-refractivity contribution < 1.29 is 10.2 Å². The Morgan fingerprint density at radius 2 is 1.69 bits per heavy atom. The van der Waals surface area contributed by atoms with Crippen LogP contribution >= 0.6 is 0 Å². The van der Waals surface area contributed by atoms with Crippen LogP contribution in [0.15, 0.2) is 53.5 Å². The first-order valence-electron chi connectivity index (χ1n) is 4.87. The summed E-state index contributed by atoms with van der Waals surface area (Å²) in [5, 5.41) is 18.7. The molecule has 3 heteroatoms. The third-order valence-corrected chi connectivity index (χ3v) is 2.11. The summed E-state index contributed by atoms with van der Waals surface area (Å²) in [7, 11) is 0. The summed E-state index contributed by atoms with van der Waals surface area (Å²) in [6, 6.07) is 13.8. The molecule has 0 unspecified atom stereocenters. The zero-order valence-electron chi connectivity index (χ0n) is 8.54. The topological polar surface area (TPSA) is 52.8 Å². The molecule has 0 radical (unpaired) electrons. The van der Waals surface area contributed by atoms with Crippen molar-refractivity contribution in [2.75, 3.05) is 0 Å². The van der Waals surface area contributed by atoms with Gasteiger partial charge in [-0.25, -0.2) is 0 Å². The Labute approximate surface area is 93.3 Å². The van der Waals surface area contributed by atoms with E-state index in [0.29, 0.717) is 5.69 Å². The number of aliphatic imine (C=N–C) groups is 1. The maximum absolute atomic E-state index is 9.49. The molecule has 2 rings (SSSR count). The summed E-state index contributed by atoms with van der Waals surface area (Å²) in [5.41, 5.74) is 1.29. The SMILES string of the molecule is Oc1ccc(O)c(N=Cc2ccccc2)c1. The van der Waals surface area contributed by atoms with Crippen LogP contribution in [0, 0.1) is 0 Å². The molecule has 80 valence electrons. The molecular weight excluding hydrogens is 202 g/mol. The van der Waals surface area contributed by atoms with E-state index in [1.807, 2.05) is 30.3 Å². The van der Waals surface area contributed by atoms with E-state index in [-0.39, 0.29) is 11.5 Å². The zero-order valence-corrected chi connectivity index (χ0v) is 8.54. The van der Waals surface area contributed by atoms with Gasteiger partial charge < -0.3 is 10.2 Å². The van der Waals surface area contributed by atoms with E-state index in [4.69, 9.17) is 0 Å². The zero-order chi connectivity index (χ0) is 11.4. The van der Waals surface area contributed by atoms with E-state index in [1.54, 1.807) is 6.21 Å². The van der Waals surface area contributed by atoms with Gasteiger partial charge in [0.05, 0.1) is 0 Å². The number of hydrogen-bond donors (Lipinski definition) is 2. The average molecular weight is 213 g/mol. The number of rotatable bonds is 2. The van der Waals surface area contributed by atoms with Gasteiger partial charge in [0.2, 0.25) is 0 Å². The molecule has 0 aliphatic heterocycles. The highest BCUT2D eigenvalue weighted by molar-refractivity contribution is 5.82. The first kappa shape index (κ1) is 10.2. The standard InChI is InChI=1S/C13H11NO2/c15-11-6-7-13(16)12(8-11)14-9-10-4-2-1-3-5-10/h1-9,15-16H. The monoisotopic (exact) mass is 213 g/mol. The van der Waals surface area contributed by atoms with Crippen LogP contribution < -0.4 is 0 Å². The molecule has 0 spiro atoms. The fourth-order valence-electron chi connectivity index (χ4n) is 1.30. The molecule has 0 fully saturated rings. The van der Waals surface area contributed by atoms with E-state index in [2.05, 4.69) is 4.99 Å². The lowest BCUT2D eigenvalue weighted by Gasteiger charge is -1.99. The fraction of sp³-hybridized carbons (Fsp3) is 0. The molecule has 0 saturated heterocycles. The normalized spacial score (nSPS) is 10.8. The van der Waals surface area contributed by atoms with Gasteiger partial charge in [0.25, 0.3) is 0 Å². The van der Waals surface area contributed by atoms with Gasteiger partial charge in [0, 0.05) is 12.3 Å². The van der Waals surface area contributed by atoms with E-state index >= 15 is 0 Å². The molecule has 0 aliphatic rings. The molecule has 2 N–H and O–H groups in total. The Balaban J connectivity index is 2.27. The minimum absolute atomic E-state index is 0.0463. The third-order valence-electron chi connectivity index (χ3n) is 2.11. The third kappa shape index (κ3) is 2.39. The van der Waals surface area contributed by atoms with Crippen LogP contribution in [-0.2, 0) is 0 Å². The molecule has 3 nitrogen and oxygen atoms in total. The Morgan fingerprint density at radius 3 is 2.44 bits per heavy atom. The maximum atomic E-state index is 9.49. The van der Waals surface area contributed by atoms with Crippen LogP contribution in [0.2, 0.25) is 0 Å². The number of phenols is 2. The van der Waals surface area contributed by atoms with Crippen LogP contribution in [0.4, 0.5) is 5.69 Å². The quantitative estimate of drug-likeness (QED) is 0.595. The first-order valence-corrected chi connectivity index (χ1v) is 4.87. The molecule has 0 bridgehead atoms. The lowest BCUT2D eigenvalue weighted by atomic mass is 10.2.